The molecule has 0 spiro atoms. The summed E-state index contributed by atoms with van der Waals surface area (Å²) in [5.74, 6) is 0.192. The Labute approximate surface area is 91.2 Å². The van der Waals surface area contributed by atoms with E-state index in [-0.39, 0.29) is 5.88 Å². The topological polar surface area (TPSA) is 69.2 Å². The number of hydrogen-bond acceptors (Lipinski definition) is 4. The first kappa shape index (κ1) is 10.1. The highest BCUT2D eigenvalue weighted by atomic mass is 16.6. The van der Waals surface area contributed by atoms with Crippen LogP contribution in [0.15, 0.2) is 41.1 Å². The summed E-state index contributed by atoms with van der Waals surface area (Å²) in [6.07, 6.45) is 6.81. The highest BCUT2D eigenvalue weighted by Gasteiger charge is 2.09. The number of hydrogen-bond donors (Lipinski definition) is 0. The number of nitrogens with zero attached hydrogens (tertiary/aromatic N) is 2. The summed E-state index contributed by atoms with van der Waals surface area (Å²) in [4.78, 5) is 13.7. The van der Waals surface area contributed by atoms with Crippen molar-refractivity contribution in [3.05, 3.63) is 58.1 Å². The molecule has 0 aliphatic heterocycles. The maximum atomic E-state index is 10.4. The van der Waals surface area contributed by atoms with E-state index in [2.05, 4.69) is 4.98 Å². The lowest BCUT2D eigenvalue weighted by molar-refractivity contribution is -0.402. The van der Waals surface area contributed by atoms with E-state index in [1.54, 1.807) is 30.6 Å². The molecular weight excluding hydrogens is 208 g/mol. The largest absolute Gasteiger partial charge is 0.433 e. The molecule has 80 valence electrons. The fourth-order valence-corrected chi connectivity index (χ4v) is 1.18. The molecule has 0 aliphatic carbocycles. The summed E-state index contributed by atoms with van der Waals surface area (Å²) < 4.78 is 4.97. The zero-order valence-electron chi connectivity index (χ0n) is 8.24. The molecule has 0 amide bonds. The molecule has 0 unspecified atom stereocenters. The van der Waals surface area contributed by atoms with E-state index in [0.29, 0.717) is 5.76 Å². The molecule has 0 saturated heterocycles. The van der Waals surface area contributed by atoms with Crippen molar-refractivity contribution in [1.29, 1.82) is 0 Å². The normalized spacial score (nSPS) is 10.8. The third kappa shape index (κ3) is 2.33. The average Bonchev–Trinajstić information content (AvgIpc) is 2.76. The molecule has 0 saturated carbocycles. The zero-order chi connectivity index (χ0) is 11.4. The molecule has 0 aliphatic rings. The van der Waals surface area contributed by atoms with Crippen LogP contribution in [-0.4, -0.2) is 9.91 Å². The van der Waals surface area contributed by atoms with Crippen LogP contribution in [0.3, 0.4) is 0 Å². The highest BCUT2D eigenvalue weighted by Crippen LogP contribution is 2.17. The number of pyridine rings is 1. The van der Waals surface area contributed by atoms with Gasteiger partial charge in [-0.05, 0) is 29.8 Å². The van der Waals surface area contributed by atoms with Gasteiger partial charge in [-0.2, -0.15) is 0 Å². The molecule has 0 N–H and O–H groups in total. The van der Waals surface area contributed by atoms with Gasteiger partial charge in [-0.3, -0.25) is 15.1 Å². The standard InChI is InChI=1S/C11H8N2O3/c14-13(15)11-4-3-10(16-11)2-1-9-5-7-12-8-6-9/h1-8H. The predicted octanol–water partition coefficient (Wildman–Crippen LogP) is 2.75. The number of rotatable bonds is 3. The first-order valence-corrected chi connectivity index (χ1v) is 4.58. The Kier molecular flexibility index (Phi) is 2.77. The molecule has 0 radical (unpaired) electrons. The molecule has 0 fully saturated rings. The molecule has 2 aromatic rings. The summed E-state index contributed by atoms with van der Waals surface area (Å²) in [6, 6.07) is 6.53. The van der Waals surface area contributed by atoms with Crippen molar-refractivity contribution >= 4 is 18.0 Å². The second-order valence-electron chi connectivity index (χ2n) is 3.05. The van der Waals surface area contributed by atoms with Crippen LogP contribution < -0.4 is 0 Å². The Morgan fingerprint density at radius 1 is 1.19 bits per heavy atom. The lowest BCUT2D eigenvalue weighted by Crippen LogP contribution is -1.82. The smallest absolute Gasteiger partial charge is 0.401 e. The molecule has 0 bridgehead atoms. The van der Waals surface area contributed by atoms with Crippen LogP contribution in [0.25, 0.3) is 12.2 Å². The van der Waals surface area contributed by atoms with Crippen molar-refractivity contribution in [2.24, 2.45) is 0 Å². The molecule has 2 heterocycles. The number of aromatic nitrogens is 1. The maximum absolute atomic E-state index is 10.4. The lowest BCUT2D eigenvalue weighted by atomic mass is 10.2. The summed E-state index contributed by atoms with van der Waals surface area (Å²) in [5, 5.41) is 10.4. The highest BCUT2D eigenvalue weighted by molar-refractivity contribution is 5.67. The Morgan fingerprint density at radius 3 is 2.56 bits per heavy atom. The van der Waals surface area contributed by atoms with Crippen molar-refractivity contribution in [3.63, 3.8) is 0 Å². The Morgan fingerprint density at radius 2 is 1.94 bits per heavy atom. The molecule has 0 aromatic carbocycles. The molecule has 2 rings (SSSR count). The van der Waals surface area contributed by atoms with Crippen LogP contribution in [-0.2, 0) is 0 Å². The van der Waals surface area contributed by atoms with Gasteiger partial charge in [0.2, 0.25) is 0 Å². The second kappa shape index (κ2) is 4.39. The maximum Gasteiger partial charge on any atom is 0.433 e. The van der Waals surface area contributed by atoms with E-state index in [4.69, 9.17) is 4.42 Å². The molecule has 0 atom stereocenters. The summed E-state index contributed by atoms with van der Waals surface area (Å²) in [5.41, 5.74) is 0.953. The van der Waals surface area contributed by atoms with Crippen LogP contribution in [0.5, 0.6) is 0 Å². The van der Waals surface area contributed by atoms with Gasteiger partial charge in [-0.15, -0.1) is 0 Å². The quantitative estimate of drug-likeness (QED) is 0.584. The third-order valence-corrected chi connectivity index (χ3v) is 1.94. The SMILES string of the molecule is O=[N+]([O-])c1ccc(C=Cc2ccncc2)o1. The van der Waals surface area contributed by atoms with E-state index in [0.717, 1.165) is 5.56 Å². The number of nitro groups is 1. The predicted molar refractivity (Wildman–Crippen MR) is 58.5 cm³/mol. The van der Waals surface area contributed by atoms with Crippen LogP contribution in [0, 0.1) is 10.1 Å². The van der Waals surface area contributed by atoms with Crippen LogP contribution in [0.1, 0.15) is 11.3 Å². The van der Waals surface area contributed by atoms with Crippen molar-refractivity contribution in [3.8, 4) is 0 Å². The summed E-state index contributed by atoms with van der Waals surface area (Å²) in [7, 11) is 0. The van der Waals surface area contributed by atoms with Gasteiger partial charge in [0.1, 0.15) is 10.7 Å². The van der Waals surface area contributed by atoms with Gasteiger partial charge in [0.05, 0.1) is 6.07 Å². The first-order chi connectivity index (χ1) is 7.75. The zero-order valence-corrected chi connectivity index (χ0v) is 8.24. The van der Waals surface area contributed by atoms with Gasteiger partial charge in [0.25, 0.3) is 0 Å². The van der Waals surface area contributed by atoms with E-state index in [9.17, 15) is 10.1 Å². The minimum atomic E-state index is -0.566. The van der Waals surface area contributed by atoms with Crippen molar-refractivity contribution in [2.45, 2.75) is 0 Å². The van der Waals surface area contributed by atoms with Crippen molar-refractivity contribution in [1.82, 2.24) is 4.98 Å². The van der Waals surface area contributed by atoms with Crippen molar-refractivity contribution < 1.29 is 9.34 Å². The fourth-order valence-electron chi connectivity index (χ4n) is 1.18. The minimum Gasteiger partial charge on any atom is -0.401 e. The molecule has 2 aromatic heterocycles. The molecular formula is C11H8N2O3. The molecule has 5 nitrogen and oxygen atoms in total. The van der Waals surface area contributed by atoms with E-state index >= 15 is 0 Å². The Balaban J connectivity index is 2.15. The monoisotopic (exact) mass is 216 g/mol. The van der Waals surface area contributed by atoms with E-state index < -0.39 is 4.92 Å². The van der Waals surface area contributed by atoms with Gasteiger partial charge in [-0.1, -0.05) is 6.08 Å². The average molecular weight is 216 g/mol. The summed E-state index contributed by atoms with van der Waals surface area (Å²) >= 11 is 0. The van der Waals surface area contributed by atoms with E-state index in [1.165, 1.54) is 6.07 Å². The fraction of sp³-hybridized carbons (Fsp3) is 0. The van der Waals surface area contributed by atoms with E-state index in [1.807, 2.05) is 12.1 Å². The van der Waals surface area contributed by atoms with Crippen molar-refractivity contribution in [2.75, 3.05) is 0 Å². The molecule has 16 heavy (non-hydrogen) atoms. The van der Waals surface area contributed by atoms with Gasteiger partial charge >= 0.3 is 5.88 Å². The van der Waals surface area contributed by atoms with Gasteiger partial charge in [-0.25, -0.2) is 0 Å². The van der Waals surface area contributed by atoms with Crippen LogP contribution in [0.4, 0.5) is 5.88 Å². The van der Waals surface area contributed by atoms with Gasteiger partial charge in [0.15, 0.2) is 0 Å². The van der Waals surface area contributed by atoms with Crippen LogP contribution in [0.2, 0.25) is 0 Å². The summed E-state index contributed by atoms with van der Waals surface area (Å²) in [6.45, 7) is 0. The number of furan rings is 1. The lowest BCUT2D eigenvalue weighted by Gasteiger charge is -1.89. The van der Waals surface area contributed by atoms with Gasteiger partial charge < -0.3 is 4.42 Å². The minimum absolute atomic E-state index is 0.255. The third-order valence-electron chi connectivity index (χ3n) is 1.94. The second-order valence-corrected chi connectivity index (χ2v) is 3.05. The van der Waals surface area contributed by atoms with Crippen LogP contribution >= 0.6 is 0 Å². The van der Waals surface area contributed by atoms with Gasteiger partial charge in [0, 0.05) is 12.4 Å². The Hall–Kier alpha value is -2.43. The first-order valence-electron chi connectivity index (χ1n) is 4.58. The Bertz CT molecular complexity index is 517. The molecule has 5 heteroatoms.